The smallest absolute Gasteiger partial charge is 0.0705 e. The van der Waals surface area contributed by atoms with E-state index < -0.39 is 0 Å². The Bertz CT molecular complexity index is 690. The number of nitrogens with one attached hydrogen (secondary N) is 1. The summed E-state index contributed by atoms with van der Waals surface area (Å²) in [5, 5.41) is 4.61. The molecule has 19 heavy (non-hydrogen) atoms. The van der Waals surface area contributed by atoms with Crippen molar-refractivity contribution >= 4 is 16.6 Å². The van der Waals surface area contributed by atoms with Crippen LogP contribution in [0.5, 0.6) is 0 Å². The molecule has 2 heteroatoms. The average Bonchev–Trinajstić information content (AvgIpc) is 2.46. The number of hydrogen-bond acceptors (Lipinski definition) is 2. The first-order chi connectivity index (χ1) is 9.31. The lowest BCUT2D eigenvalue weighted by Gasteiger charge is -2.07. The van der Waals surface area contributed by atoms with Crippen molar-refractivity contribution in [3.05, 3.63) is 71.9 Å². The lowest BCUT2D eigenvalue weighted by molar-refractivity contribution is 1.15. The SMILES string of the molecule is Cc1ccc2cc(CNc3ccccc3)ccc2n1. The van der Waals surface area contributed by atoms with Gasteiger partial charge in [0.25, 0.3) is 0 Å². The van der Waals surface area contributed by atoms with Gasteiger partial charge in [-0.15, -0.1) is 0 Å². The van der Waals surface area contributed by atoms with Gasteiger partial charge in [-0.25, -0.2) is 0 Å². The van der Waals surface area contributed by atoms with Gasteiger partial charge in [0, 0.05) is 23.3 Å². The monoisotopic (exact) mass is 248 g/mol. The van der Waals surface area contributed by atoms with Crippen LogP contribution in [-0.2, 0) is 6.54 Å². The Kier molecular flexibility index (Phi) is 3.15. The van der Waals surface area contributed by atoms with Crippen molar-refractivity contribution in [2.45, 2.75) is 13.5 Å². The molecule has 0 fully saturated rings. The Morgan fingerprint density at radius 1 is 0.947 bits per heavy atom. The first kappa shape index (κ1) is 11.7. The minimum Gasteiger partial charge on any atom is -0.381 e. The second-order valence-electron chi connectivity index (χ2n) is 4.70. The van der Waals surface area contributed by atoms with Gasteiger partial charge in [0.15, 0.2) is 0 Å². The van der Waals surface area contributed by atoms with Crippen LogP contribution in [0, 0.1) is 6.92 Å². The molecule has 0 spiro atoms. The number of aryl methyl sites for hydroxylation is 1. The summed E-state index contributed by atoms with van der Waals surface area (Å²) in [7, 11) is 0. The van der Waals surface area contributed by atoms with Crippen molar-refractivity contribution in [3.63, 3.8) is 0 Å². The van der Waals surface area contributed by atoms with Crippen molar-refractivity contribution in [1.29, 1.82) is 0 Å². The normalized spacial score (nSPS) is 10.6. The summed E-state index contributed by atoms with van der Waals surface area (Å²) in [6.45, 7) is 2.85. The molecule has 1 aromatic heterocycles. The Morgan fingerprint density at radius 3 is 2.63 bits per heavy atom. The Balaban J connectivity index is 1.80. The van der Waals surface area contributed by atoms with Crippen LogP contribution < -0.4 is 5.32 Å². The maximum atomic E-state index is 4.51. The molecule has 0 saturated heterocycles. The fourth-order valence-electron chi connectivity index (χ4n) is 2.15. The Morgan fingerprint density at radius 2 is 1.79 bits per heavy atom. The number of hydrogen-bond donors (Lipinski definition) is 1. The highest BCUT2D eigenvalue weighted by Gasteiger charge is 1.98. The predicted octanol–water partition coefficient (Wildman–Crippen LogP) is 4.16. The summed E-state index contributed by atoms with van der Waals surface area (Å²) < 4.78 is 0. The van der Waals surface area contributed by atoms with E-state index in [1.54, 1.807) is 0 Å². The highest BCUT2D eigenvalue weighted by Crippen LogP contribution is 2.16. The molecular formula is C17H16N2. The molecule has 1 N–H and O–H groups in total. The average molecular weight is 248 g/mol. The molecule has 0 aliphatic heterocycles. The quantitative estimate of drug-likeness (QED) is 0.753. The summed E-state index contributed by atoms with van der Waals surface area (Å²) in [4.78, 5) is 4.51. The molecule has 94 valence electrons. The van der Waals surface area contributed by atoms with Crippen molar-refractivity contribution in [3.8, 4) is 0 Å². The van der Waals surface area contributed by atoms with E-state index in [1.807, 2.05) is 25.1 Å². The van der Waals surface area contributed by atoms with E-state index in [4.69, 9.17) is 0 Å². The van der Waals surface area contributed by atoms with Crippen LogP contribution in [-0.4, -0.2) is 4.98 Å². The largest absolute Gasteiger partial charge is 0.381 e. The third-order valence-corrected chi connectivity index (χ3v) is 3.16. The molecule has 3 aromatic rings. The third kappa shape index (κ3) is 2.74. The zero-order valence-corrected chi connectivity index (χ0v) is 10.9. The van der Waals surface area contributed by atoms with Gasteiger partial charge >= 0.3 is 0 Å². The molecule has 1 heterocycles. The number of nitrogens with zero attached hydrogens (tertiary/aromatic N) is 1. The molecule has 0 aliphatic rings. The van der Waals surface area contributed by atoms with Crippen LogP contribution in [0.2, 0.25) is 0 Å². The molecular weight excluding hydrogens is 232 g/mol. The van der Waals surface area contributed by atoms with Crippen molar-refractivity contribution in [2.75, 3.05) is 5.32 Å². The second kappa shape index (κ2) is 5.11. The van der Waals surface area contributed by atoms with Crippen molar-refractivity contribution in [1.82, 2.24) is 4.98 Å². The molecule has 0 bridgehead atoms. The first-order valence-electron chi connectivity index (χ1n) is 6.46. The fourth-order valence-corrected chi connectivity index (χ4v) is 2.15. The van der Waals surface area contributed by atoms with Gasteiger partial charge in [0.05, 0.1) is 5.52 Å². The summed E-state index contributed by atoms with van der Waals surface area (Å²) in [5.41, 5.74) is 4.53. The molecule has 0 unspecified atom stereocenters. The van der Waals surface area contributed by atoms with Crippen LogP contribution in [0.3, 0.4) is 0 Å². The van der Waals surface area contributed by atoms with E-state index >= 15 is 0 Å². The molecule has 0 saturated carbocycles. The lowest BCUT2D eigenvalue weighted by atomic mass is 10.1. The Hall–Kier alpha value is -2.35. The number of aromatic nitrogens is 1. The molecule has 0 aliphatic carbocycles. The minimum atomic E-state index is 0.827. The number of pyridine rings is 1. The van der Waals surface area contributed by atoms with Gasteiger partial charge in [-0.1, -0.05) is 30.3 Å². The van der Waals surface area contributed by atoms with Gasteiger partial charge in [-0.3, -0.25) is 4.98 Å². The number of benzene rings is 2. The highest BCUT2D eigenvalue weighted by atomic mass is 14.9. The van der Waals surface area contributed by atoms with E-state index in [2.05, 4.69) is 52.8 Å². The van der Waals surface area contributed by atoms with E-state index in [0.29, 0.717) is 0 Å². The van der Waals surface area contributed by atoms with Crippen molar-refractivity contribution in [2.24, 2.45) is 0 Å². The number of anilines is 1. The van der Waals surface area contributed by atoms with Crippen molar-refractivity contribution < 1.29 is 0 Å². The van der Waals surface area contributed by atoms with Crippen LogP contribution in [0.25, 0.3) is 10.9 Å². The number of fused-ring (bicyclic) bond motifs is 1. The maximum absolute atomic E-state index is 4.51. The number of para-hydroxylation sites is 1. The molecule has 2 aromatic carbocycles. The topological polar surface area (TPSA) is 24.9 Å². The maximum Gasteiger partial charge on any atom is 0.0705 e. The molecule has 0 atom stereocenters. The predicted molar refractivity (Wildman–Crippen MR) is 80.2 cm³/mol. The summed E-state index contributed by atoms with van der Waals surface area (Å²) in [5.74, 6) is 0. The molecule has 2 nitrogen and oxygen atoms in total. The number of rotatable bonds is 3. The van der Waals surface area contributed by atoms with E-state index in [0.717, 1.165) is 23.4 Å². The molecule has 0 radical (unpaired) electrons. The summed E-state index contributed by atoms with van der Waals surface area (Å²) in [6.07, 6.45) is 0. The van der Waals surface area contributed by atoms with Gasteiger partial charge in [-0.2, -0.15) is 0 Å². The minimum absolute atomic E-state index is 0.827. The van der Waals surface area contributed by atoms with Gasteiger partial charge in [0.2, 0.25) is 0 Å². The van der Waals surface area contributed by atoms with Gasteiger partial charge in [-0.05, 0) is 42.8 Å². The van der Waals surface area contributed by atoms with Gasteiger partial charge in [0.1, 0.15) is 0 Å². The zero-order chi connectivity index (χ0) is 13.1. The van der Waals surface area contributed by atoms with Crippen LogP contribution in [0.15, 0.2) is 60.7 Å². The zero-order valence-electron chi connectivity index (χ0n) is 10.9. The van der Waals surface area contributed by atoms with E-state index in [9.17, 15) is 0 Å². The molecule has 3 rings (SSSR count). The van der Waals surface area contributed by atoms with E-state index in [1.165, 1.54) is 10.9 Å². The summed E-state index contributed by atoms with van der Waals surface area (Å²) >= 11 is 0. The van der Waals surface area contributed by atoms with Crippen LogP contribution in [0.4, 0.5) is 5.69 Å². The lowest BCUT2D eigenvalue weighted by Crippen LogP contribution is -1.99. The standard InChI is InChI=1S/C17H16N2/c1-13-7-9-15-11-14(8-10-17(15)19-13)12-18-16-5-3-2-4-6-16/h2-11,18H,12H2,1H3. The first-order valence-corrected chi connectivity index (χ1v) is 6.46. The van der Waals surface area contributed by atoms with Crippen LogP contribution >= 0.6 is 0 Å². The van der Waals surface area contributed by atoms with Crippen LogP contribution in [0.1, 0.15) is 11.3 Å². The Labute approximate surface area is 113 Å². The van der Waals surface area contributed by atoms with Gasteiger partial charge < -0.3 is 5.32 Å². The fraction of sp³-hybridized carbons (Fsp3) is 0.118. The highest BCUT2D eigenvalue weighted by molar-refractivity contribution is 5.79. The molecule has 0 amide bonds. The van der Waals surface area contributed by atoms with E-state index in [-0.39, 0.29) is 0 Å². The summed E-state index contributed by atoms with van der Waals surface area (Å²) in [6, 6.07) is 20.8. The second-order valence-corrected chi connectivity index (χ2v) is 4.70. The third-order valence-electron chi connectivity index (χ3n) is 3.16.